The molecule has 2 aromatic carbocycles. The number of anilines is 1. The van der Waals surface area contributed by atoms with E-state index >= 15 is 0 Å². The molecule has 1 heterocycles. The number of ether oxygens (including phenoxy) is 1. The molecule has 0 atom stereocenters. The lowest BCUT2D eigenvalue weighted by atomic mass is 10.1. The lowest BCUT2D eigenvalue weighted by molar-refractivity contribution is 0.311. The summed E-state index contributed by atoms with van der Waals surface area (Å²) in [5, 5.41) is 2.91. The summed E-state index contributed by atoms with van der Waals surface area (Å²) >= 11 is 6.21. The second kappa shape index (κ2) is 8.11. The molecule has 0 saturated heterocycles. The summed E-state index contributed by atoms with van der Waals surface area (Å²) < 4.78 is 5.45. The van der Waals surface area contributed by atoms with Crippen molar-refractivity contribution in [3.8, 4) is 5.75 Å². The lowest BCUT2D eigenvalue weighted by Crippen LogP contribution is -2.33. The van der Waals surface area contributed by atoms with Gasteiger partial charge in [0, 0.05) is 35.9 Å². The maximum atomic E-state index is 6.21. The molecule has 0 fully saturated rings. The Morgan fingerprint density at radius 3 is 2.42 bits per heavy atom. The van der Waals surface area contributed by atoms with Gasteiger partial charge in [-0.1, -0.05) is 25.4 Å². The summed E-state index contributed by atoms with van der Waals surface area (Å²) in [6, 6.07) is 12.0. The fraction of sp³-hybridized carbons (Fsp3) is 0.381. The fourth-order valence-electron chi connectivity index (χ4n) is 3.36. The number of nitrogens with zero attached hydrogens (tertiary/aromatic N) is 3. The lowest BCUT2D eigenvalue weighted by Gasteiger charge is -2.27. The molecule has 0 N–H and O–H groups in total. The van der Waals surface area contributed by atoms with Crippen LogP contribution < -0.4 is 9.64 Å². The van der Waals surface area contributed by atoms with Gasteiger partial charge in [-0.05, 0) is 49.5 Å². The topological polar surface area (TPSA) is 28.6 Å². The van der Waals surface area contributed by atoms with Crippen molar-refractivity contribution < 1.29 is 4.74 Å². The third kappa shape index (κ3) is 3.71. The third-order valence-electron chi connectivity index (χ3n) is 4.94. The highest BCUT2D eigenvalue weighted by Crippen LogP contribution is 2.36. The second-order valence-electron chi connectivity index (χ2n) is 6.45. The van der Waals surface area contributed by atoms with Crippen molar-refractivity contribution >= 4 is 39.1 Å². The molecule has 0 amide bonds. The van der Waals surface area contributed by atoms with Crippen molar-refractivity contribution in [3.05, 3.63) is 41.4 Å². The molecular weight excluding hydrogens is 346 g/mol. The van der Waals surface area contributed by atoms with Crippen LogP contribution in [0.25, 0.3) is 21.8 Å². The molecule has 5 heteroatoms. The summed E-state index contributed by atoms with van der Waals surface area (Å²) in [5.74, 6) is 0.839. The summed E-state index contributed by atoms with van der Waals surface area (Å²) in [4.78, 5) is 9.56. The molecule has 0 saturated carbocycles. The second-order valence-corrected chi connectivity index (χ2v) is 6.89. The minimum absolute atomic E-state index is 0.703. The van der Waals surface area contributed by atoms with Crippen LogP contribution in [0.15, 0.2) is 36.4 Å². The van der Waals surface area contributed by atoms with E-state index in [2.05, 4.69) is 42.8 Å². The fourth-order valence-corrected chi connectivity index (χ4v) is 3.52. The number of aromatic nitrogens is 1. The van der Waals surface area contributed by atoms with Crippen molar-refractivity contribution in [3.63, 3.8) is 0 Å². The molecule has 26 heavy (non-hydrogen) atoms. The Hall–Kier alpha value is -2.04. The zero-order chi connectivity index (χ0) is 18.7. The molecular formula is C21H26ClN3O. The Balaban J connectivity index is 2.14. The number of benzene rings is 2. The van der Waals surface area contributed by atoms with Crippen LogP contribution in [0, 0.1) is 0 Å². The first-order valence-corrected chi connectivity index (χ1v) is 9.45. The highest BCUT2D eigenvalue weighted by molar-refractivity contribution is 6.31. The Morgan fingerprint density at radius 1 is 0.962 bits per heavy atom. The molecule has 3 rings (SSSR count). The average Bonchev–Trinajstić information content (AvgIpc) is 2.66. The molecule has 0 spiro atoms. The van der Waals surface area contributed by atoms with Crippen molar-refractivity contribution in [2.24, 2.45) is 0 Å². The van der Waals surface area contributed by atoms with Crippen LogP contribution in [-0.4, -0.2) is 50.2 Å². The van der Waals surface area contributed by atoms with Crippen LogP contribution in [0.3, 0.4) is 0 Å². The van der Waals surface area contributed by atoms with Gasteiger partial charge < -0.3 is 14.5 Å². The van der Waals surface area contributed by atoms with Gasteiger partial charge in [0.05, 0.1) is 23.8 Å². The van der Waals surface area contributed by atoms with Gasteiger partial charge in [-0.3, -0.25) is 0 Å². The van der Waals surface area contributed by atoms with Crippen LogP contribution in [0.2, 0.25) is 5.02 Å². The van der Waals surface area contributed by atoms with E-state index in [-0.39, 0.29) is 0 Å². The Bertz CT molecular complexity index is 909. The standard InChI is InChI=1S/C21H26ClN3O/c1-5-25(6-2)12-11-24(3)21-17-9-7-15(22)13-20(17)23-19-10-8-16(26-4)14-18(19)21/h7-10,13-14H,5-6,11-12H2,1-4H3. The number of hydrogen-bond donors (Lipinski definition) is 0. The van der Waals surface area contributed by atoms with Crippen molar-refractivity contribution in [1.29, 1.82) is 0 Å². The minimum Gasteiger partial charge on any atom is -0.497 e. The van der Waals surface area contributed by atoms with Gasteiger partial charge in [0.25, 0.3) is 0 Å². The van der Waals surface area contributed by atoms with E-state index in [1.165, 1.54) is 5.69 Å². The molecule has 1 aromatic heterocycles. The molecule has 0 unspecified atom stereocenters. The monoisotopic (exact) mass is 371 g/mol. The Labute approximate surface area is 160 Å². The maximum absolute atomic E-state index is 6.21. The molecule has 0 aliphatic heterocycles. The molecule has 0 radical (unpaired) electrons. The van der Waals surface area contributed by atoms with Crippen molar-refractivity contribution in [2.45, 2.75) is 13.8 Å². The average molecular weight is 372 g/mol. The number of pyridine rings is 1. The molecule has 4 nitrogen and oxygen atoms in total. The first kappa shape index (κ1) is 18.7. The number of rotatable bonds is 7. The van der Waals surface area contributed by atoms with Crippen molar-refractivity contribution in [1.82, 2.24) is 9.88 Å². The van der Waals surface area contributed by atoms with Crippen LogP contribution in [0.4, 0.5) is 5.69 Å². The van der Waals surface area contributed by atoms with Gasteiger partial charge in [0.15, 0.2) is 0 Å². The number of methoxy groups -OCH3 is 1. The molecule has 0 bridgehead atoms. The molecule has 3 aromatic rings. The number of likely N-dealkylation sites (N-methyl/N-ethyl adjacent to an activating group) is 2. The van der Waals surface area contributed by atoms with E-state index < -0.39 is 0 Å². The number of fused-ring (bicyclic) bond motifs is 2. The first-order valence-electron chi connectivity index (χ1n) is 9.07. The summed E-state index contributed by atoms with van der Waals surface area (Å²) in [6.45, 7) is 8.49. The van der Waals surface area contributed by atoms with Gasteiger partial charge in [0.1, 0.15) is 5.75 Å². The van der Waals surface area contributed by atoms with Crippen molar-refractivity contribution in [2.75, 3.05) is 45.2 Å². The largest absolute Gasteiger partial charge is 0.497 e. The van der Waals surface area contributed by atoms with Gasteiger partial charge >= 0.3 is 0 Å². The van der Waals surface area contributed by atoms with E-state index in [1.54, 1.807) is 7.11 Å². The van der Waals surface area contributed by atoms with Crippen LogP contribution in [0.5, 0.6) is 5.75 Å². The van der Waals surface area contributed by atoms with E-state index in [0.29, 0.717) is 5.02 Å². The van der Waals surface area contributed by atoms with Gasteiger partial charge in [-0.2, -0.15) is 0 Å². The quantitative estimate of drug-likeness (QED) is 0.556. The smallest absolute Gasteiger partial charge is 0.119 e. The Kier molecular flexibility index (Phi) is 5.84. The summed E-state index contributed by atoms with van der Waals surface area (Å²) in [6.07, 6.45) is 0. The van der Waals surface area contributed by atoms with Crippen LogP contribution in [-0.2, 0) is 0 Å². The normalized spacial score (nSPS) is 11.5. The first-order chi connectivity index (χ1) is 12.6. The maximum Gasteiger partial charge on any atom is 0.119 e. The third-order valence-corrected chi connectivity index (χ3v) is 5.18. The predicted molar refractivity (Wildman–Crippen MR) is 112 cm³/mol. The van der Waals surface area contributed by atoms with E-state index in [4.69, 9.17) is 21.3 Å². The highest BCUT2D eigenvalue weighted by Gasteiger charge is 2.15. The van der Waals surface area contributed by atoms with Crippen LogP contribution >= 0.6 is 11.6 Å². The Morgan fingerprint density at radius 2 is 1.73 bits per heavy atom. The van der Waals surface area contributed by atoms with E-state index in [1.807, 2.05) is 24.3 Å². The number of hydrogen-bond acceptors (Lipinski definition) is 4. The van der Waals surface area contributed by atoms with Gasteiger partial charge in [-0.25, -0.2) is 4.98 Å². The predicted octanol–water partition coefficient (Wildman–Crippen LogP) is 4.83. The molecule has 0 aliphatic carbocycles. The SMILES string of the molecule is CCN(CC)CCN(C)c1c2ccc(Cl)cc2nc2ccc(OC)cc12. The zero-order valence-corrected chi connectivity index (χ0v) is 16.7. The van der Waals surface area contributed by atoms with E-state index in [0.717, 1.165) is 53.7 Å². The number of halogens is 1. The minimum atomic E-state index is 0.703. The van der Waals surface area contributed by atoms with Gasteiger partial charge in [-0.15, -0.1) is 0 Å². The van der Waals surface area contributed by atoms with Gasteiger partial charge in [0.2, 0.25) is 0 Å². The van der Waals surface area contributed by atoms with Crippen LogP contribution in [0.1, 0.15) is 13.8 Å². The zero-order valence-electron chi connectivity index (χ0n) is 15.9. The molecule has 0 aliphatic rings. The molecule has 138 valence electrons. The highest BCUT2D eigenvalue weighted by atomic mass is 35.5. The summed E-state index contributed by atoms with van der Waals surface area (Å²) in [7, 11) is 3.84. The summed E-state index contributed by atoms with van der Waals surface area (Å²) in [5.41, 5.74) is 3.04. The van der Waals surface area contributed by atoms with E-state index in [9.17, 15) is 0 Å².